The summed E-state index contributed by atoms with van der Waals surface area (Å²) in [6.45, 7) is 6.62. The van der Waals surface area contributed by atoms with Crippen molar-refractivity contribution >= 4 is 29.1 Å². The first-order valence-electron chi connectivity index (χ1n) is 10.8. The first kappa shape index (κ1) is 22.8. The van der Waals surface area contributed by atoms with E-state index < -0.39 is 6.04 Å². The minimum absolute atomic E-state index is 0.142. The molecule has 4 N–H and O–H groups in total. The molecule has 1 aromatic carbocycles. The molecule has 4 rings (SSSR count). The van der Waals surface area contributed by atoms with E-state index in [9.17, 15) is 9.59 Å². The molecule has 1 aliphatic heterocycles. The van der Waals surface area contributed by atoms with E-state index in [2.05, 4.69) is 26.7 Å². The van der Waals surface area contributed by atoms with Gasteiger partial charge in [-0.1, -0.05) is 41.4 Å². The molecule has 8 nitrogen and oxygen atoms in total. The number of pyridine rings is 1. The van der Waals surface area contributed by atoms with Gasteiger partial charge in [0.15, 0.2) is 11.0 Å². The van der Waals surface area contributed by atoms with E-state index >= 15 is 0 Å². The molecule has 1 aliphatic rings. The molecule has 3 aromatic rings. The van der Waals surface area contributed by atoms with Gasteiger partial charge in [0.25, 0.3) is 5.56 Å². The van der Waals surface area contributed by atoms with Gasteiger partial charge in [-0.3, -0.25) is 14.2 Å². The molecule has 9 heteroatoms. The number of carbonyl (C=O) groups excluding carboxylic acids is 1. The first-order valence-corrected chi connectivity index (χ1v) is 11.2. The highest BCUT2D eigenvalue weighted by molar-refractivity contribution is 6.30. The third kappa shape index (κ3) is 4.71. The summed E-state index contributed by atoms with van der Waals surface area (Å²) in [5, 5.41) is 6.28. The Morgan fingerprint density at radius 2 is 1.94 bits per heavy atom. The highest BCUT2D eigenvalue weighted by Crippen LogP contribution is 2.29. The van der Waals surface area contributed by atoms with Crippen molar-refractivity contribution in [2.75, 3.05) is 11.1 Å². The van der Waals surface area contributed by atoms with Crippen molar-refractivity contribution in [3.63, 3.8) is 0 Å². The Kier molecular flexibility index (Phi) is 6.37. The Morgan fingerprint density at radius 3 is 2.70 bits per heavy atom. The van der Waals surface area contributed by atoms with E-state index in [0.29, 0.717) is 37.4 Å². The predicted molar refractivity (Wildman–Crippen MR) is 129 cm³/mol. The summed E-state index contributed by atoms with van der Waals surface area (Å²) >= 11 is 6.40. The molecule has 3 heterocycles. The second-order valence-electron chi connectivity index (χ2n) is 8.41. The zero-order chi connectivity index (χ0) is 23.7. The molecule has 0 radical (unpaired) electrons. The van der Waals surface area contributed by atoms with Gasteiger partial charge in [-0.25, -0.2) is 9.97 Å². The van der Waals surface area contributed by atoms with E-state index in [1.807, 2.05) is 39.0 Å². The van der Waals surface area contributed by atoms with Crippen LogP contribution in [0.25, 0.3) is 0 Å². The number of anilines is 2. The topological polar surface area (TPSA) is 115 Å². The van der Waals surface area contributed by atoms with Crippen LogP contribution in [0.4, 0.5) is 11.6 Å². The number of amides is 1. The molecule has 33 heavy (non-hydrogen) atoms. The number of rotatable bonds is 6. The highest BCUT2D eigenvalue weighted by atomic mass is 35.5. The fourth-order valence-electron chi connectivity index (χ4n) is 4.13. The van der Waals surface area contributed by atoms with Crippen LogP contribution in [0.15, 0.2) is 35.1 Å². The molecule has 0 saturated heterocycles. The molecule has 0 aliphatic carbocycles. The Morgan fingerprint density at radius 1 is 1.15 bits per heavy atom. The van der Waals surface area contributed by atoms with Crippen LogP contribution in [-0.2, 0) is 24.3 Å². The smallest absolute Gasteiger partial charge is 0.294 e. The number of benzene rings is 1. The number of nitrogens with one attached hydrogen (secondary N) is 2. The second kappa shape index (κ2) is 9.23. The van der Waals surface area contributed by atoms with Gasteiger partial charge < -0.3 is 16.4 Å². The number of fused-ring (bicyclic) bond motifs is 1. The minimum atomic E-state index is -0.642. The molecule has 2 aromatic heterocycles. The fourth-order valence-corrected chi connectivity index (χ4v) is 4.40. The van der Waals surface area contributed by atoms with Gasteiger partial charge in [-0.05, 0) is 56.4 Å². The monoisotopic (exact) mass is 466 g/mol. The first-order chi connectivity index (χ1) is 15.7. The van der Waals surface area contributed by atoms with Crippen LogP contribution < -0.4 is 21.9 Å². The van der Waals surface area contributed by atoms with Crippen molar-refractivity contribution in [1.29, 1.82) is 0 Å². The number of nitrogens with zero attached hydrogens (tertiary/aromatic N) is 3. The van der Waals surface area contributed by atoms with Gasteiger partial charge in [-0.2, -0.15) is 0 Å². The van der Waals surface area contributed by atoms with Crippen molar-refractivity contribution < 1.29 is 4.79 Å². The van der Waals surface area contributed by atoms with Crippen LogP contribution >= 0.6 is 11.6 Å². The van der Waals surface area contributed by atoms with Crippen LogP contribution in [0.3, 0.4) is 0 Å². The summed E-state index contributed by atoms with van der Waals surface area (Å²) in [4.78, 5) is 34.7. The Hall–Kier alpha value is -3.39. The molecule has 1 amide bonds. The minimum Gasteiger partial charge on any atom is -0.384 e. The van der Waals surface area contributed by atoms with Gasteiger partial charge in [0.1, 0.15) is 11.9 Å². The SMILES string of the molecule is Cc1ccc(C)c(CNc2nc(Cl)c3n(c2=O)[C@H](C(=O)NCc2ccc(N)nc2C)CC3)c1. The zero-order valence-electron chi connectivity index (χ0n) is 18.9. The summed E-state index contributed by atoms with van der Waals surface area (Å²) in [7, 11) is 0. The third-order valence-corrected chi connectivity index (χ3v) is 6.35. The summed E-state index contributed by atoms with van der Waals surface area (Å²) in [6, 6.07) is 9.05. The second-order valence-corrected chi connectivity index (χ2v) is 8.77. The van der Waals surface area contributed by atoms with Crippen LogP contribution in [0.5, 0.6) is 0 Å². The maximum Gasteiger partial charge on any atom is 0.294 e. The van der Waals surface area contributed by atoms with E-state index in [1.165, 1.54) is 4.57 Å². The number of hydrogen-bond acceptors (Lipinski definition) is 6. The van der Waals surface area contributed by atoms with Crippen LogP contribution in [-0.4, -0.2) is 20.4 Å². The lowest BCUT2D eigenvalue weighted by molar-refractivity contribution is -0.124. The van der Waals surface area contributed by atoms with Crippen molar-refractivity contribution in [2.45, 2.75) is 52.7 Å². The maximum absolute atomic E-state index is 13.2. The van der Waals surface area contributed by atoms with E-state index in [-0.39, 0.29) is 22.4 Å². The van der Waals surface area contributed by atoms with Crippen molar-refractivity contribution in [2.24, 2.45) is 0 Å². The molecular formula is C24H27ClN6O2. The number of aryl methyl sites for hydroxylation is 3. The highest BCUT2D eigenvalue weighted by Gasteiger charge is 2.32. The van der Waals surface area contributed by atoms with E-state index in [1.54, 1.807) is 6.07 Å². The number of aromatic nitrogens is 3. The van der Waals surface area contributed by atoms with Gasteiger partial charge in [-0.15, -0.1) is 0 Å². The van der Waals surface area contributed by atoms with Gasteiger partial charge >= 0.3 is 0 Å². The Balaban J connectivity index is 1.54. The summed E-state index contributed by atoms with van der Waals surface area (Å²) in [6.07, 6.45) is 1.00. The van der Waals surface area contributed by atoms with Gasteiger partial charge in [0.2, 0.25) is 5.91 Å². The largest absolute Gasteiger partial charge is 0.384 e. The van der Waals surface area contributed by atoms with E-state index in [0.717, 1.165) is 27.9 Å². The van der Waals surface area contributed by atoms with Crippen molar-refractivity contribution in [3.8, 4) is 0 Å². The van der Waals surface area contributed by atoms with Crippen LogP contribution in [0, 0.1) is 20.8 Å². The van der Waals surface area contributed by atoms with Crippen molar-refractivity contribution in [3.05, 3.63) is 79.5 Å². The predicted octanol–water partition coefficient (Wildman–Crippen LogP) is 3.21. The summed E-state index contributed by atoms with van der Waals surface area (Å²) < 4.78 is 1.48. The van der Waals surface area contributed by atoms with Crippen LogP contribution in [0.2, 0.25) is 5.15 Å². The third-order valence-electron chi connectivity index (χ3n) is 6.05. The normalized spacial score (nSPS) is 14.7. The van der Waals surface area contributed by atoms with Gasteiger partial charge in [0.05, 0.1) is 5.69 Å². The number of carbonyl (C=O) groups is 1. The number of nitrogens with two attached hydrogens (primary N) is 1. The molecule has 172 valence electrons. The Bertz CT molecular complexity index is 1290. The quantitative estimate of drug-likeness (QED) is 0.513. The average Bonchev–Trinajstić information content (AvgIpc) is 3.23. The summed E-state index contributed by atoms with van der Waals surface area (Å²) in [5.74, 6) is 0.333. The van der Waals surface area contributed by atoms with Crippen LogP contribution in [0.1, 0.15) is 46.1 Å². The van der Waals surface area contributed by atoms with Gasteiger partial charge in [0, 0.05) is 18.8 Å². The number of halogens is 1. The molecule has 0 unspecified atom stereocenters. The lowest BCUT2D eigenvalue weighted by Crippen LogP contribution is -2.36. The maximum atomic E-state index is 13.2. The lowest BCUT2D eigenvalue weighted by Gasteiger charge is -2.17. The average molecular weight is 467 g/mol. The fraction of sp³-hybridized carbons (Fsp3) is 0.333. The van der Waals surface area contributed by atoms with E-state index in [4.69, 9.17) is 17.3 Å². The molecule has 0 saturated carbocycles. The molecule has 0 spiro atoms. The molecule has 1 atom stereocenters. The zero-order valence-corrected chi connectivity index (χ0v) is 19.7. The standard InChI is InChI=1S/C24H27ClN6O2/c1-13-4-5-14(2)17(10-13)12-27-22-24(33)31-18(21(25)30-22)7-8-19(31)23(32)28-11-16-6-9-20(26)29-15(16)3/h4-6,9-10,19H,7-8,11-12H2,1-3H3,(H2,26,29)(H,27,30)(H,28,32)/t19-/m0/s1. The number of hydrogen-bond donors (Lipinski definition) is 3. The molecular weight excluding hydrogens is 440 g/mol. The van der Waals surface area contributed by atoms with Crippen molar-refractivity contribution in [1.82, 2.24) is 19.9 Å². The number of nitrogen functional groups attached to an aromatic ring is 1. The Labute approximate surface area is 197 Å². The molecule has 0 bridgehead atoms. The summed E-state index contributed by atoms with van der Waals surface area (Å²) in [5.41, 5.74) is 10.9. The lowest BCUT2D eigenvalue weighted by atomic mass is 10.1. The molecule has 0 fully saturated rings.